The van der Waals surface area contributed by atoms with Crippen molar-refractivity contribution in [3.63, 3.8) is 0 Å². The SMILES string of the molecule is O=C(c1cccc2ccccc12)C1CCCN(Cc2cccc3c2OCO3)C1. The van der Waals surface area contributed by atoms with Crippen molar-refractivity contribution in [2.45, 2.75) is 19.4 Å². The molecule has 0 radical (unpaired) electrons. The van der Waals surface area contributed by atoms with Crippen LogP contribution in [-0.4, -0.2) is 30.6 Å². The summed E-state index contributed by atoms with van der Waals surface area (Å²) >= 11 is 0. The van der Waals surface area contributed by atoms with Gasteiger partial charge in [-0.1, -0.05) is 54.6 Å². The lowest BCUT2D eigenvalue weighted by molar-refractivity contribution is 0.0812. The number of benzene rings is 3. The number of ketones is 1. The third kappa shape index (κ3) is 3.14. The van der Waals surface area contributed by atoms with Crippen molar-refractivity contribution in [2.75, 3.05) is 19.9 Å². The molecule has 142 valence electrons. The lowest BCUT2D eigenvalue weighted by Gasteiger charge is -2.32. The Labute approximate surface area is 164 Å². The number of Topliss-reactive ketones (excluding diaryl/α,β-unsaturated/α-hetero) is 1. The monoisotopic (exact) mass is 373 g/mol. The van der Waals surface area contributed by atoms with Gasteiger partial charge in [-0.05, 0) is 36.2 Å². The van der Waals surface area contributed by atoms with Gasteiger partial charge in [0.1, 0.15) is 0 Å². The first-order valence-electron chi connectivity index (χ1n) is 9.91. The molecule has 1 unspecified atom stereocenters. The number of nitrogens with zero attached hydrogens (tertiary/aromatic N) is 1. The van der Waals surface area contributed by atoms with Crippen LogP contribution in [0.25, 0.3) is 10.8 Å². The number of carbonyl (C=O) groups is 1. The van der Waals surface area contributed by atoms with Crippen LogP contribution in [0.2, 0.25) is 0 Å². The molecule has 1 saturated heterocycles. The minimum Gasteiger partial charge on any atom is -0.454 e. The molecule has 0 amide bonds. The van der Waals surface area contributed by atoms with Crippen LogP contribution in [0, 0.1) is 5.92 Å². The molecular weight excluding hydrogens is 350 g/mol. The molecule has 2 aliphatic heterocycles. The van der Waals surface area contributed by atoms with Crippen molar-refractivity contribution in [3.8, 4) is 11.5 Å². The van der Waals surface area contributed by atoms with Crippen LogP contribution in [0.3, 0.4) is 0 Å². The number of rotatable bonds is 4. The van der Waals surface area contributed by atoms with E-state index in [4.69, 9.17) is 9.47 Å². The highest BCUT2D eigenvalue weighted by molar-refractivity contribution is 6.09. The topological polar surface area (TPSA) is 38.8 Å². The Morgan fingerprint density at radius 2 is 1.86 bits per heavy atom. The summed E-state index contributed by atoms with van der Waals surface area (Å²) in [5, 5.41) is 2.18. The third-order valence-corrected chi connectivity index (χ3v) is 5.80. The summed E-state index contributed by atoms with van der Waals surface area (Å²) in [4.78, 5) is 15.7. The Hall–Kier alpha value is -2.85. The van der Waals surface area contributed by atoms with Crippen LogP contribution in [0.5, 0.6) is 11.5 Å². The highest BCUT2D eigenvalue weighted by Gasteiger charge is 2.28. The second kappa shape index (κ2) is 7.28. The van der Waals surface area contributed by atoms with Crippen LogP contribution >= 0.6 is 0 Å². The zero-order valence-electron chi connectivity index (χ0n) is 15.8. The molecule has 4 heteroatoms. The molecular formula is C24H23NO3. The summed E-state index contributed by atoms with van der Waals surface area (Å²) in [5.41, 5.74) is 1.98. The molecule has 1 fully saturated rings. The molecule has 0 N–H and O–H groups in total. The molecule has 28 heavy (non-hydrogen) atoms. The van der Waals surface area contributed by atoms with Gasteiger partial charge in [0.25, 0.3) is 0 Å². The number of hydrogen-bond donors (Lipinski definition) is 0. The summed E-state index contributed by atoms with van der Waals surface area (Å²) in [6.45, 7) is 2.86. The summed E-state index contributed by atoms with van der Waals surface area (Å²) in [6, 6.07) is 20.2. The van der Waals surface area contributed by atoms with Crippen LogP contribution < -0.4 is 9.47 Å². The van der Waals surface area contributed by atoms with Gasteiger partial charge in [0.15, 0.2) is 17.3 Å². The molecule has 2 aliphatic rings. The largest absolute Gasteiger partial charge is 0.454 e. The average Bonchev–Trinajstić information content (AvgIpc) is 3.23. The summed E-state index contributed by atoms with van der Waals surface area (Å²) < 4.78 is 11.1. The number of ether oxygens (including phenoxy) is 2. The fraction of sp³-hybridized carbons (Fsp3) is 0.292. The fourth-order valence-electron chi connectivity index (χ4n) is 4.43. The number of fused-ring (bicyclic) bond motifs is 2. The second-order valence-corrected chi connectivity index (χ2v) is 7.62. The Kier molecular flexibility index (Phi) is 4.49. The molecule has 2 heterocycles. The smallest absolute Gasteiger partial charge is 0.231 e. The van der Waals surface area contributed by atoms with Gasteiger partial charge in [-0.3, -0.25) is 9.69 Å². The molecule has 0 spiro atoms. The molecule has 3 aromatic carbocycles. The van der Waals surface area contributed by atoms with E-state index in [1.165, 1.54) is 0 Å². The molecule has 0 bridgehead atoms. The molecule has 1 atom stereocenters. The number of likely N-dealkylation sites (tertiary alicyclic amines) is 1. The van der Waals surface area contributed by atoms with Crippen LogP contribution in [0.15, 0.2) is 60.7 Å². The van der Waals surface area contributed by atoms with E-state index in [1.807, 2.05) is 42.5 Å². The standard InChI is InChI=1S/C24H23NO3/c26-23(21-11-3-7-17-6-1-2-10-20(17)21)18-9-5-13-25(14-18)15-19-8-4-12-22-24(19)28-16-27-22/h1-4,6-8,10-12,18H,5,9,13-16H2. The molecule has 4 nitrogen and oxygen atoms in total. The Balaban J connectivity index is 1.36. The number of hydrogen-bond acceptors (Lipinski definition) is 4. The molecule has 3 aromatic rings. The quantitative estimate of drug-likeness (QED) is 0.624. The van der Waals surface area contributed by atoms with Crippen molar-refractivity contribution in [1.82, 2.24) is 4.90 Å². The molecule has 0 saturated carbocycles. The van der Waals surface area contributed by atoms with Gasteiger partial charge >= 0.3 is 0 Å². The maximum absolute atomic E-state index is 13.3. The van der Waals surface area contributed by atoms with Gasteiger partial charge < -0.3 is 9.47 Å². The molecule has 0 aromatic heterocycles. The zero-order valence-corrected chi connectivity index (χ0v) is 15.8. The van der Waals surface area contributed by atoms with Crippen LogP contribution in [0.4, 0.5) is 0 Å². The minimum atomic E-state index is 0.0356. The van der Waals surface area contributed by atoms with Crippen molar-refractivity contribution in [1.29, 1.82) is 0 Å². The van der Waals surface area contributed by atoms with E-state index >= 15 is 0 Å². The normalized spacial score (nSPS) is 19.1. The number of carbonyl (C=O) groups excluding carboxylic acids is 1. The average molecular weight is 373 g/mol. The van der Waals surface area contributed by atoms with E-state index in [1.54, 1.807) is 0 Å². The van der Waals surface area contributed by atoms with Crippen molar-refractivity contribution in [3.05, 3.63) is 71.8 Å². The lowest BCUT2D eigenvalue weighted by Crippen LogP contribution is -2.38. The molecule has 5 rings (SSSR count). The maximum atomic E-state index is 13.3. The zero-order chi connectivity index (χ0) is 18.9. The predicted molar refractivity (Wildman–Crippen MR) is 109 cm³/mol. The fourth-order valence-corrected chi connectivity index (χ4v) is 4.43. The maximum Gasteiger partial charge on any atom is 0.231 e. The van der Waals surface area contributed by atoms with Gasteiger partial charge in [-0.25, -0.2) is 0 Å². The lowest BCUT2D eigenvalue weighted by atomic mass is 9.88. The number of para-hydroxylation sites is 1. The first-order valence-corrected chi connectivity index (χ1v) is 9.91. The van der Waals surface area contributed by atoms with Crippen molar-refractivity contribution >= 4 is 16.6 Å². The Morgan fingerprint density at radius 1 is 1.00 bits per heavy atom. The van der Waals surface area contributed by atoms with Crippen LogP contribution in [0.1, 0.15) is 28.8 Å². The third-order valence-electron chi connectivity index (χ3n) is 5.80. The first kappa shape index (κ1) is 17.3. The molecule has 0 aliphatic carbocycles. The number of piperidine rings is 1. The van der Waals surface area contributed by atoms with Gasteiger partial charge in [-0.2, -0.15) is 0 Å². The highest BCUT2D eigenvalue weighted by atomic mass is 16.7. The van der Waals surface area contributed by atoms with Crippen LogP contribution in [-0.2, 0) is 6.54 Å². The second-order valence-electron chi connectivity index (χ2n) is 7.62. The summed E-state index contributed by atoms with van der Waals surface area (Å²) in [7, 11) is 0. The van der Waals surface area contributed by atoms with E-state index in [9.17, 15) is 4.79 Å². The Bertz CT molecular complexity index is 1020. The Morgan fingerprint density at radius 3 is 2.82 bits per heavy atom. The van der Waals surface area contributed by atoms with Crippen molar-refractivity contribution in [2.24, 2.45) is 5.92 Å². The van der Waals surface area contributed by atoms with Gasteiger partial charge in [0.2, 0.25) is 6.79 Å². The predicted octanol–water partition coefficient (Wildman–Crippen LogP) is 4.66. The summed E-state index contributed by atoms with van der Waals surface area (Å²) in [6.07, 6.45) is 1.98. The van der Waals surface area contributed by atoms with E-state index in [0.29, 0.717) is 0 Å². The highest BCUT2D eigenvalue weighted by Crippen LogP contribution is 2.36. The van der Waals surface area contributed by atoms with E-state index < -0.39 is 0 Å². The van der Waals surface area contributed by atoms with Gasteiger partial charge in [-0.15, -0.1) is 0 Å². The van der Waals surface area contributed by atoms with Crippen molar-refractivity contribution < 1.29 is 14.3 Å². The van der Waals surface area contributed by atoms with E-state index in [0.717, 1.165) is 65.9 Å². The van der Waals surface area contributed by atoms with Gasteiger partial charge in [0, 0.05) is 30.1 Å². The first-order chi connectivity index (χ1) is 13.8. The summed E-state index contributed by atoms with van der Waals surface area (Å²) in [5.74, 6) is 1.97. The van der Waals surface area contributed by atoms with Gasteiger partial charge in [0.05, 0.1) is 0 Å². The van der Waals surface area contributed by atoms with E-state index in [2.05, 4.69) is 23.1 Å². The van der Waals surface area contributed by atoms with E-state index in [-0.39, 0.29) is 18.5 Å². The minimum absolute atomic E-state index is 0.0356.